The Hall–Kier alpha value is -3.06. The number of amides is 3. The molecule has 0 aliphatic rings. The number of benzene rings is 2. The van der Waals surface area contributed by atoms with E-state index in [-0.39, 0.29) is 18.7 Å². The van der Waals surface area contributed by atoms with Crippen LogP contribution in [0.5, 0.6) is 11.5 Å². The van der Waals surface area contributed by atoms with Gasteiger partial charge in [-0.3, -0.25) is 4.79 Å². The van der Waals surface area contributed by atoms with Crippen molar-refractivity contribution in [2.24, 2.45) is 5.73 Å². The Morgan fingerprint density at radius 3 is 2.32 bits per heavy atom. The Labute approximate surface area is 165 Å². The number of primary amides is 1. The average Bonchev–Trinajstić information content (AvgIpc) is 2.69. The van der Waals surface area contributed by atoms with Crippen molar-refractivity contribution < 1.29 is 19.1 Å². The van der Waals surface area contributed by atoms with Crippen LogP contribution in [0.25, 0.3) is 0 Å². The fraction of sp³-hybridized carbons (Fsp3) is 0.333. The summed E-state index contributed by atoms with van der Waals surface area (Å²) in [5.74, 6) is 0.653. The van der Waals surface area contributed by atoms with E-state index in [4.69, 9.17) is 15.2 Å². The number of carbonyl (C=O) groups excluding carboxylic acids is 2. The summed E-state index contributed by atoms with van der Waals surface area (Å²) in [4.78, 5) is 23.4. The van der Waals surface area contributed by atoms with E-state index in [9.17, 15) is 9.59 Å². The number of carbonyl (C=O) groups is 2. The lowest BCUT2D eigenvalue weighted by molar-refractivity contribution is 0.1000. The number of nitrogens with two attached hydrogens (primary N) is 1. The molecule has 2 rings (SSSR count). The number of hydrogen-bond acceptors (Lipinski definition) is 4. The van der Waals surface area contributed by atoms with Crippen LogP contribution in [0.4, 0.5) is 10.5 Å². The summed E-state index contributed by atoms with van der Waals surface area (Å²) in [6, 6.07) is 11.9. The molecule has 7 heteroatoms. The van der Waals surface area contributed by atoms with Crippen LogP contribution in [0.2, 0.25) is 0 Å². The molecule has 7 nitrogen and oxygen atoms in total. The first-order valence-electron chi connectivity index (χ1n) is 9.23. The molecule has 0 fully saturated rings. The zero-order chi connectivity index (χ0) is 20.5. The minimum Gasteiger partial charge on any atom is -0.457 e. The van der Waals surface area contributed by atoms with E-state index in [1.807, 2.05) is 13.8 Å². The van der Waals surface area contributed by atoms with Crippen LogP contribution in [-0.4, -0.2) is 25.1 Å². The zero-order valence-corrected chi connectivity index (χ0v) is 16.5. The number of rotatable bonds is 9. The number of hydrogen-bond donors (Lipinski definition) is 3. The third-order valence-electron chi connectivity index (χ3n) is 4.31. The second-order valence-corrected chi connectivity index (χ2v) is 6.36. The van der Waals surface area contributed by atoms with E-state index in [1.165, 1.54) is 0 Å². The van der Waals surface area contributed by atoms with Crippen molar-refractivity contribution in [1.29, 1.82) is 0 Å². The molecule has 150 valence electrons. The normalized spacial score (nSPS) is 10.6. The Balaban J connectivity index is 2.06. The van der Waals surface area contributed by atoms with Crippen molar-refractivity contribution in [3.05, 3.63) is 53.6 Å². The number of urea groups is 1. The maximum Gasteiger partial charge on any atom is 0.319 e. The molecule has 2 aromatic carbocycles. The standard InChI is InChI=1S/C21H27N3O4/c1-4-16(5-2)23-21(26)24-17-7-9-18(10-8-17)28-19-11-6-14(20(22)25)12-15(19)13-27-3/h6-12,16H,4-5,13H2,1-3H3,(H2,22,25)(H2,23,24,26). The van der Waals surface area contributed by atoms with Crippen molar-refractivity contribution in [2.75, 3.05) is 12.4 Å². The first kappa shape index (κ1) is 21.2. The summed E-state index contributed by atoms with van der Waals surface area (Å²) in [5.41, 5.74) is 7.09. The van der Waals surface area contributed by atoms with E-state index in [1.54, 1.807) is 49.6 Å². The predicted octanol–water partition coefficient (Wildman–Crippen LogP) is 4.03. The molecule has 0 aliphatic heterocycles. The van der Waals surface area contributed by atoms with E-state index in [0.29, 0.717) is 28.3 Å². The van der Waals surface area contributed by atoms with Crippen LogP contribution in [0.3, 0.4) is 0 Å². The molecule has 3 amide bonds. The van der Waals surface area contributed by atoms with Crippen LogP contribution in [0.1, 0.15) is 42.6 Å². The van der Waals surface area contributed by atoms with Gasteiger partial charge in [0, 0.05) is 30.0 Å². The second-order valence-electron chi connectivity index (χ2n) is 6.36. The number of ether oxygens (including phenoxy) is 2. The minimum absolute atomic E-state index is 0.158. The van der Waals surface area contributed by atoms with Crippen LogP contribution in [0, 0.1) is 0 Å². The lowest BCUT2D eigenvalue weighted by atomic mass is 10.1. The molecule has 0 spiro atoms. The van der Waals surface area contributed by atoms with Crippen molar-refractivity contribution in [1.82, 2.24) is 5.32 Å². The SMILES string of the molecule is CCC(CC)NC(=O)Nc1ccc(Oc2ccc(C(N)=O)cc2COC)cc1. The minimum atomic E-state index is -0.508. The average molecular weight is 385 g/mol. The second kappa shape index (κ2) is 10.3. The molecule has 0 heterocycles. The summed E-state index contributed by atoms with van der Waals surface area (Å²) in [6.45, 7) is 4.36. The van der Waals surface area contributed by atoms with Gasteiger partial charge in [-0.15, -0.1) is 0 Å². The first-order valence-corrected chi connectivity index (χ1v) is 9.23. The van der Waals surface area contributed by atoms with Gasteiger partial charge in [0.1, 0.15) is 11.5 Å². The quantitative estimate of drug-likeness (QED) is 0.606. The Bertz CT molecular complexity index is 802. The number of nitrogens with one attached hydrogen (secondary N) is 2. The molecule has 0 radical (unpaired) electrons. The van der Waals surface area contributed by atoms with E-state index < -0.39 is 5.91 Å². The Kier molecular flexibility index (Phi) is 7.83. The third kappa shape index (κ3) is 5.99. The van der Waals surface area contributed by atoms with Gasteiger partial charge in [-0.25, -0.2) is 4.79 Å². The lowest BCUT2D eigenvalue weighted by Crippen LogP contribution is -2.37. The molecule has 0 unspecified atom stereocenters. The third-order valence-corrected chi connectivity index (χ3v) is 4.31. The largest absolute Gasteiger partial charge is 0.457 e. The Morgan fingerprint density at radius 2 is 1.75 bits per heavy atom. The molecule has 0 saturated heterocycles. The summed E-state index contributed by atoms with van der Waals surface area (Å²) in [7, 11) is 1.56. The maximum atomic E-state index is 12.0. The van der Waals surface area contributed by atoms with Crippen molar-refractivity contribution in [2.45, 2.75) is 39.3 Å². The zero-order valence-electron chi connectivity index (χ0n) is 16.5. The van der Waals surface area contributed by atoms with Gasteiger partial charge in [0.15, 0.2) is 0 Å². The highest BCUT2D eigenvalue weighted by Gasteiger charge is 2.11. The molecule has 0 aromatic heterocycles. The lowest BCUT2D eigenvalue weighted by Gasteiger charge is -2.16. The first-order chi connectivity index (χ1) is 13.5. The highest BCUT2D eigenvalue weighted by atomic mass is 16.5. The molecular weight excluding hydrogens is 358 g/mol. The summed E-state index contributed by atoms with van der Waals surface area (Å²) in [6.07, 6.45) is 1.77. The van der Waals surface area contributed by atoms with E-state index in [2.05, 4.69) is 10.6 Å². The van der Waals surface area contributed by atoms with Crippen LogP contribution in [-0.2, 0) is 11.3 Å². The Morgan fingerprint density at radius 1 is 1.07 bits per heavy atom. The van der Waals surface area contributed by atoms with E-state index >= 15 is 0 Å². The van der Waals surface area contributed by atoms with Gasteiger partial charge in [-0.1, -0.05) is 13.8 Å². The van der Waals surface area contributed by atoms with Crippen molar-refractivity contribution >= 4 is 17.6 Å². The molecule has 0 aliphatic carbocycles. The van der Waals surface area contributed by atoms with Crippen molar-refractivity contribution in [3.8, 4) is 11.5 Å². The number of anilines is 1. The molecule has 2 aromatic rings. The van der Waals surface area contributed by atoms with E-state index in [0.717, 1.165) is 12.8 Å². The maximum absolute atomic E-state index is 12.0. The van der Waals surface area contributed by atoms with Gasteiger partial charge in [0.2, 0.25) is 5.91 Å². The topological polar surface area (TPSA) is 103 Å². The summed E-state index contributed by atoms with van der Waals surface area (Å²) < 4.78 is 11.1. The monoisotopic (exact) mass is 385 g/mol. The molecule has 0 atom stereocenters. The molecule has 28 heavy (non-hydrogen) atoms. The van der Waals surface area contributed by atoms with Gasteiger partial charge >= 0.3 is 6.03 Å². The predicted molar refractivity (Wildman–Crippen MR) is 109 cm³/mol. The van der Waals surface area contributed by atoms with Gasteiger partial charge < -0.3 is 25.8 Å². The number of methoxy groups -OCH3 is 1. The highest BCUT2D eigenvalue weighted by molar-refractivity contribution is 5.93. The van der Waals surface area contributed by atoms with Gasteiger partial charge in [-0.05, 0) is 55.3 Å². The molecular formula is C21H27N3O4. The molecule has 0 bridgehead atoms. The van der Waals surface area contributed by atoms with Crippen molar-refractivity contribution in [3.63, 3.8) is 0 Å². The highest BCUT2D eigenvalue weighted by Crippen LogP contribution is 2.28. The van der Waals surface area contributed by atoms with Gasteiger partial charge in [-0.2, -0.15) is 0 Å². The fourth-order valence-electron chi connectivity index (χ4n) is 2.68. The summed E-state index contributed by atoms with van der Waals surface area (Å²) in [5, 5.41) is 5.73. The van der Waals surface area contributed by atoms with Gasteiger partial charge in [0.25, 0.3) is 0 Å². The fourth-order valence-corrected chi connectivity index (χ4v) is 2.68. The smallest absolute Gasteiger partial charge is 0.319 e. The van der Waals surface area contributed by atoms with Gasteiger partial charge in [0.05, 0.1) is 6.61 Å². The van der Waals surface area contributed by atoms with Crippen LogP contribution >= 0.6 is 0 Å². The van der Waals surface area contributed by atoms with Crippen LogP contribution in [0.15, 0.2) is 42.5 Å². The molecule has 4 N–H and O–H groups in total. The van der Waals surface area contributed by atoms with Crippen LogP contribution < -0.4 is 21.1 Å². The molecule has 0 saturated carbocycles. The summed E-state index contributed by atoms with van der Waals surface area (Å²) >= 11 is 0.